The lowest BCUT2D eigenvalue weighted by molar-refractivity contribution is 0.379. The quantitative estimate of drug-likeness (QED) is 0.660. The highest BCUT2D eigenvalue weighted by atomic mass is 32.2. The normalized spacial score (nSPS) is 32.7. The van der Waals surface area contributed by atoms with Gasteiger partial charge in [-0.25, -0.2) is 0 Å². The molecule has 1 rings (SSSR count). The van der Waals surface area contributed by atoms with Gasteiger partial charge in [-0.1, -0.05) is 12.8 Å². The lowest BCUT2D eigenvalue weighted by atomic mass is 9.96. The van der Waals surface area contributed by atoms with E-state index in [1.165, 1.54) is 6.42 Å². The molecule has 2 atom stereocenters. The molecule has 0 aromatic heterocycles. The van der Waals surface area contributed by atoms with Crippen LogP contribution >= 0.6 is 11.8 Å². The molecule has 0 spiro atoms. The fraction of sp³-hybridized carbons (Fsp3) is 0.800. The molecule has 13 heavy (non-hydrogen) atoms. The van der Waals surface area contributed by atoms with Crippen molar-refractivity contribution < 1.29 is 0 Å². The molecule has 1 fully saturated rings. The Balaban J connectivity index is 2.44. The molecular weight excluding hydrogens is 180 g/mol. The standard InChI is InChI=1S/C10H18N2S/c1-3-4-5-12-10(7-11)6-9(2)13-8-10/h9,12H,5-8,11H2,1-2H3. The van der Waals surface area contributed by atoms with Crippen molar-refractivity contribution >= 4 is 11.8 Å². The summed E-state index contributed by atoms with van der Waals surface area (Å²) in [5.74, 6) is 7.03. The van der Waals surface area contributed by atoms with E-state index in [1.54, 1.807) is 0 Å². The first-order valence-corrected chi connectivity index (χ1v) is 5.73. The van der Waals surface area contributed by atoms with Crippen LogP contribution in [0.25, 0.3) is 0 Å². The maximum absolute atomic E-state index is 5.79. The van der Waals surface area contributed by atoms with Crippen LogP contribution in [-0.2, 0) is 0 Å². The van der Waals surface area contributed by atoms with Crippen LogP contribution in [-0.4, -0.2) is 29.6 Å². The highest BCUT2D eigenvalue weighted by Gasteiger charge is 2.35. The second kappa shape index (κ2) is 4.90. The van der Waals surface area contributed by atoms with Gasteiger partial charge >= 0.3 is 0 Å². The van der Waals surface area contributed by atoms with Gasteiger partial charge in [0, 0.05) is 23.1 Å². The van der Waals surface area contributed by atoms with Crippen LogP contribution in [0.4, 0.5) is 0 Å². The van der Waals surface area contributed by atoms with Gasteiger partial charge in [0.25, 0.3) is 0 Å². The molecule has 74 valence electrons. The van der Waals surface area contributed by atoms with Gasteiger partial charge in [0.15, 0.2) is 0 Å². The van der Waals surface area contributed by atoms with E-state index < -0.39 is 0 Å². The Morgan fingerprint density at radius 3 is 2.92 bits per heavy atom. The number of nitrogens with two attached hydrogens (primary N) is 1. The van der Waals surface area contributed by atoms with Gasteiger partial charge < -0.3 is 5.73 Å². The van der Waals surface area contributed by atoms with Crippen LogP contribution in [0, 0.1) is 11.8 Å². The van der Waals surface area contributed by atoms with E-state index in [2.05, 4.69) is 24.1 Å². The summed E-state index contributed by atoms with van der Waals surface area (Å²) in [7, 11) is 0. The van der Waals surface area contributed by atoms with E-state index >= 15 is 0 Å². The molecule has 1 heterocycles. The third-order valence-electron chi connectivity index (χ3n) is 2.44. The van der Waals surface area contributed by atoms with E-state index in [0.717, 1.165) is 24.1 Å². The second-order valence-electron chi connectivity index (χ2n) is 3.59. The molecule has 1 aliphatic rings. The first-order chi connectivity index (χ1) is 6.22. The van der Waals surface area contributed by atoms with Gasteiger partial charge in [-0.05, 0) is 13.3 Å². The number of hydrogen-bond acceptors (Lipinski definition) is 3. The fourth-order valence-electron chi connectivity index (χ4n) is 1.63. The highest BCUT2D eigenvalue weighted by molar-refractivity contribution is 8.00. The molecule has 0 aromatic carbocycles. The Morgan fingerprint density at radius 2 is 2.46 bits per heavy atom. The molecule has 2 nitrogen and oxygen atoms in total. The lowest BCUT2D eigenvalue weighted by Gasteiger charge is -2.27. The summed E-state index contributed by atoms with van der Waals surface area (Å²) < 4.78 is 0. The van der Waals surface area contributed by atoms with Crippen molar-refractivity contribution in [2.75, 3.05) is 18.8 Å². The number of nitrogens with one attached hydrogen (secondary N) is 1. The van der Waals surface area contributed by atoms with Crippen LogP contribution in [0.3, 0.4) is 0 Å². The van der Waals surface area contributed by atoms with E-state index in [-0.39, 0.29) is 5.54 Å². The van der Waals surface area contributed by atoms with Gasteiger partial charge in [-0.3, -0.25) is 5.32 Å². The minimum Gasteiger partial charge on any atom is -0.329 e. The predicted octanol–water partition coefficient (Wildman–Crippen LogP) is 0.822. The molecule has 0 aromatic rings. The summed E-state index contributed by atoms with van der Waals surface area (Å²) in [5.41, 5.74) is 5.94. The number of rotatable bonds is 3. The summed E-state index contributed by atoms with van der Waals surface area (Å²) in [6.07, 6.45) is 1.17. The van der Waals surface area contributed by atoms with E-state index in [0.29, 0.717) is 0 Å². The first kappa shape index (κ1) is 10.9. The molecule has 0 radical (unpaired) electrons. The zero-order valence-electron chi connectivity index (χ0n) is 8.39. The van der Waals surface area contributed by atoms with Crippen molar-refractivity contribution in [3.63, 3.8) is 0 Å². The number of thioether (sulfide) groups is 1. The van der Waals surface area contributed by atoms with Crippen LogP contribution in [0.2, 0.25) is 0 Å². The molecule has 0 aliphatic carbocycles. The SMILES string of the molecule is CC#CCNC1(CN)CSC(C)C1. The Morgan fingerprint density at radius 1 is 1.69 bits per heavy atom. The Labute approximate surface area is 85.0 Å². The monoisotopic (exact) mass is 198 g/mol. The lowest BCUT2D eigenvalue weighted by Crippen LogP contribution is -2.51. The molecule has 0 saturated carbocycles. The van der Waals surface area contributed by atoms with Gasteiger partial charge in [0.1, 0.15) is 0 Å². The second-order valence-corrected chi connectivity index (χ2v) is 5.02. The molecule has 1 saturated heterocycles. The van der Waals surface area contributed by atoms with E-state index in [4.69, 9.17) is 5.73 Å². The van der Waals surface area contributed by atoms with Crippen LogP contribution in [0.5, 0.6) is 0 Å². The largest absolute Gasteiger partial charge is 0.329 e. The highest BCUT2D eigenvalue weighted by Crippen LogP contribution is 2.33. The topological polar surface area (TPSA) is 38.0 Å². The average molecular weight is 198 g/mol. The molecule has 0 amide bonds. The van der Waals surface area contributed by atoms with Gasteiger partial charge in [0.2, 0.25) is 0 Å². The third-order valence-corrected chi connectivity index (χ3v) is 3.90. The van der Waals surface area contributed by atoms with Crippen LogP contribution in [0.1, 0.15) is 20.3 Å². The summed E-state index contributed by atoms with van der Waals surface area (Å²) in [6.45, 7) is 5.61. The van der Waals surface area contributed by atoms with Crippen molar-refractivity contribution in [2.45, 2.75) is 31.1 Å². The van der Waals surface area contributed by atoms with Gasteiger partial charge in [0.05, 0.1) is 6.54 Å². The summed E-state index contributed by atoms with van der Waals surface area (Å²) in [5, 5.41) is 4.18. The fourth-order valence-corrected chi connectivity index (χ4v) is 3.01. The summed E-state index contributed by atoms with van der Waals surface area (Å²) in [6, 6.07) is 0. The van der Waals surface area contributed by atoms with Crippen molar-refractivity contribution in [1.82, 2.24) is 5.32 Å². The van der Waals surface area contributed by atoms with E-state index in [1.807, 2.05) is 18.7 Å². The van der Waals surface area contributed by atoms with Crippen molar-refractivity contribution in [3.05, 3.63) is 0 Å². The third kappa shape index (κ3) is 2.91. The predicted molar refractivity (Wildman–Crippen MR) is 59.8 cm³/mol. The van der Waals surface area contributed by atoms with Gasteiger partial charge in [-0.2, -0.15) is 11.8 Å². The summed E-state index contributed by atoms with van der Waals surface area (Å²) >= 11 is 2.00. The number of hydrogen-bond donors (Lipinski definition) is 2. The average Bonchev–Trinajstić information content (AvgIpc) is 2.49. The van der Waals surface area contributed by atoms with Gasteiger partial charge in [-0.15, -0.1) is 5.92 Å². The summed E-state index contributed by atoms with van der Waals surface area (Å²) in [4.78, 5) is 0. The molecule has 2 unspecified atom stereocenters. The molecule has 0 bridgehead atoms. The minimum absolute atomic E-state index is 0.147. The molecule has 3 heteroatoms. The van der Waals surface area contributed by atoms with Crippen molar-refractivity contribution in [1.29, 1.82) is 0 Å². The minimum atomic E-state index is 0.147. The van der Waals surface area contributed by atoms with Crippen LogP contribution in [0.15, 0.2) is 0 Å². The Hall–Kier alpha value is -0.170. The first-order valence-electron chi connectivity index (χ1n) is 4.69. The molecule has 3 N–H and O–H groups in total. The van der Waals surface area contributed by atoms with E-state index in [9.17, 15) is 0 Å². The Bertz CT molecular complexity index is 219. The van der Waals surface area contributed by atoms with Crippen LogP contribution < -0.4 is 11.1 Å². The van der Waals surface area contributed by atoms with Crippen molar-refractivity contribution in [3.8, 4) is 11.8 Å². The Kier molecular flexibility index (Phi) is 4.11. The molecule has 1 aliphatic heterocycles. The smallest absolute Gasteiger partial charge is 0.0581 e. The maximum Gasteiger partial charge on any atom is 0.0581 e. The zero-order valence-corrected chi connectivity index (χ0v) is 9.21. The maximum atomic E-state index is 5.79. The van der Waals surface area contributed by atoms with Crippen molar-refractivity contribution in [2.24, 2.45) is 5.73 Å². The zero-order chi connectivity index (χ0) is 9.73. The molecular formula is C10H18N2S.